The fraction of sp³-hybridized carbons (Fsp3) is 0.436. The number of carbonyl (C=O) groups is 2. The molecule has 0 unspecified atom stereocenters. The molecule has 0 saturated carbocycles. The molecule has 3 N–H and O–H groups in total. The lowest BCUT2D eigenvalue weighted by molar-refractivity contribution is -0.134. The Hall–Kier alpha value is -4.90. The Morgan fingerprint density at radius 1 is 0.800 bits per heavy atom. The number of hydrogen-bond acceptors (Lipinski definition) is 9. The summed E-state index contributed by atoms with van der Waals surface area (Å²) >= 11 is 0. The van der Waals surface area contributed by atoms with Crippen LogP contribution >= 0.6 is 0 Å². The summed E-state index contributed by atoms with van der Waals surface area (Å²) < 4.78 is 33.8. The molecule has 4 aromatic rings. The second kappa shape index (κ2) is 15.3. The van der Waals surface area contributed by atoms with Gasteiger partial charge in [-0.1, -0.05) is 6.07 Å². The Bertz CT molecular complexity index is 1870. The molecule has 0 radical (unpaired) electrons. The lowest BCUT2D eigenvalue weighted by Crippen LogP contribution is -2.48. The van der Waals surface area contributed by atoms with Gasteiger partial charge in [0.25, 0.3) is 0 Å². The van der Waals surface area contributed by atoms with Gasteiger partial charge in [-0.05, 0) is 127 Å². The molecule has 1 aliphatic heterocycles. The second-order valence-electron chi connectivity index (χ2n) is 13.4. The molecule has 268 valence electrons. The lowest BCUT2D eigenvalue weighted by Gasteiger charge is -2.40. The van der Waals surface area contributed by atoms with Gasteiger partial charge in [-0.3, -0.25) is 4.79 Å². The van der Waals surface area contributed by atoms with Crippen LogP contribution in [-0.2, 0) is 16.0 Å². The van der Waals surface area contributed by atoms with Gasteiger partial charge in [0.05, 0.1) is 47.6 Å². The molecule has 0 fully saturated rings. The van der Waals surface area contributed by atoms with Gasteiger partial charge in [-0.25, -0.2) is 4.79 Å². The van der Waals surface area contributed by atoms with E-state index in [9.17, 15) is 9.59 Å². The maximum atomic E-state index is 14.4. The van der Waals surface area contributed by atoms with Gasteiger partial charge < -0.3 is 44.4 Å². The molecule has 0 spiro atoms. The van der Waals surface area contributed by atoms with Crippen molar-refractivity contribution in [3.8, 4) is 28.7 Å². The van der Waals surface area contributed by atoms with E-state index in [2.05, 4.69) is 11.4 Å². The van der Waals surface area contributed by atoms with Crippen molar-refractivity contribution in [3.63, 3.8) is 0 Å². The fourth-order valence-corrected chi connectivity index (χ4v) is 6.68. The molecule has 0 saturated heterocycles. The summed E-state index contributed by atoms with van der Waals surface area (Å²) in [5.74, 6) is 2.93. The molecule has 0 bridgehead atoms. The SMILES string of the molecule is COc1ccc2cc([C@@H]3c4cc(OC)c(OC)cc4CCN3C(=O)[C@H](N)CCCCNC(=O)OC(C)(C)C)c3cc(OC)c(OC)cc3c2c1. The zero-order valence-corrected chi connectivity index (χ0v) is 30.3. The van der Waals surface area contributed by atoms with Crippen molar-refractivity contribution in [1.29, 1.82) is 0 Å². The monoisotopic (exact) mass is 687 g/mol. The van der Waals surface area contributed by atoms with E-state index >= 15 is 0 Å². The second-order valence-corrected chi connectivity index (χ2v) is 13.4. The van der Waals surface area contributed by atoms with Crippen LogP contribution < -0.4 is 34.7 Å². The van der Waals surface area contributed by atoms with Crippen molar-refractivity contribution < 1.29 is 38.0 Å². The Morgan fingerprint density at radius 2 is 1.44 bits per heavy atom. The predicted molar refractivity (Wildman–Crippen MR) is 194 cm³/mol. The summed E-state index contributed by atoms with van der Waals surface area (Å²) in [7, 11) is 8.09. The molecular formula is C39H49N3O8. The van der Waals surface area contributed by atoms with Crippen LogP contribution in [0.15, 0.2) is 48.5 Å². The molecule has 0 aliphatic carbocycles. The van der Waals surface area contributed by atoms with Crippen molar-refractivity contribution in [1.82, 2.24) is 10.2 Å². The van der Waals surface area contributed by atoms with E-state index in [0.717, 1.165) is 44.0 Å². The van der Waals surface area contributed by atoms with Gasteiger partial charge in [0.1, 0.15) is 11.4 Å². The standard InChI is InChI=1S/C39H49N3O8/c1-39(2,3)50-38(44)41-15-10-9-11-31(40)37(43)42-16-14-24-18-32(46-5)33(47-6)20-27(24)36(42)30-17-23-12-13-25(45-4)19-26(23)28-21-34(48-7)35(49-8)22-29(28)30/h12-13,17-22,31,36H,9-11,14-16,40H2,1-8H3,(H,41,44)/t31-,36+/m1/s1. The van der Waals surface area contributed by atoms with E-state index in [0.29, 0.717) is 61.8 Å². The summed E-state index contributed by atoms with van der Waals surface area (Å²) in [5, 5.41) is 6.55. The normalized spacial score (nSPS) is 14.9. The highest BCUT2D eigenvalue weighted by Gasteiger charge is 2.36. The zero-order chi connectivity index (χ0) is 36.2. The number of amides is 2. The molecular weight excluding hydrogens is 638 g/mol. The van der Waals surface area contributed by atoms with Gasteiger partial charge in [0, 0.05) is 13.1 Å². The maximum absolute atomic E-state index is 14.4. The number of nitrogens with zero attached hydrogens (tertiary/aromatic N) is 1. The number of alkyl carbamates (subject to hydrolysis) is 1. The number of fused-ring (bicyclic) bond motifs is 4. The van der Waals surface area contributed by atoms with Crippen molar-refractivity contribution >= 4 is 33.5 Å². The van der Waals surface area contributed by atoms with E-state index in [1.165, 1.54) is 0 Å². The first-order chi connectivity index (χ1) is 23.9. The molecule has 2 atom stereocenters. The summed E-state index contributed by atoms with van der Waals surface area (Å²) in [5.41, 5.74) is 8.98. The molecule has 11 nitrogen and oxygen atoms in total. The molecule has 2 amide bonds. The highest BCUT2D eigenvalue weighted by molar-refractivity contribution is 6.11. The minimum absolute atomic E-state index is 0.154. The molecule has 1 aliphatic rings. The van der Waals surface area contributed by atoms with Crippen LogP contribution in [0.25, 0.3) is 21.5 Å². The average molecular weight is 688 g/mol. The van der Waals surface area contributed by atoms with E-state index in [4.69, 9.17) is 34.2 Å². The molecule has 11 heteroatoms. The number of unbranched alkanes of at least 4 members (excludes halogenated alkanes) is 1. The number of nitrogens with one attached hydrogen (secondary N) is 1. The number of rotatable bonds is 12. The Kier molecular flexibility index (Phi) is 11.2. The first kappa shape index (κ1) is 36.4. The summed E-state index contributed by atoms with van der Waals surface area (Å²) in [6, 6.07) is 14.8. The first-order valence-electron chi connectivity index (χ1n) is 16.9. The predicted octanol–water partition coefficient (Wildman–Crippen LogP) is 6.53. The Morgan fingerprint density at radius 3 is 2.08 bits per heavy atom. The first-order valence-corrected chi connectivity index (χ1v) is 16.9. The molecule has 50 heavy (non-hydrogen) atoms. The van der Waals surface area contributed by atoms with Crippen LogP contribution in [-0.4, -0.2) is 77.2 Å². The van der Waals surface area contributed by atoms with Crippen LogP contribution in [0, 0.1) is 0 Å². The quantitative estimate of drug-likeness (QED) is 0.126. The lowest BCUT2D eigenvalue weighted by atomic mass is 9.83. The van der Waals surface area contributed by atoms with Crippen molar-refractivity contribution in [2.24, 2.45) is 5.73 Å². The third-order valence-electron chi connectivity index (χ3n) is 9.08. The van der Waals surface area contributed by atoms with Gasteiger partial charge in [-0.15, -0.1) is 0 Å². The molecule has 1 heterocycles. The number of methoxy groups -OCH3 is 5. The number of hydrogen-bond donors (Lipinski definition) is 2. The van der Waals surface area contributed by atoms with Crippen molar-refractivity contribution in [2.75, 3.05) is 48.6 Å². The van der Waals surface area contributed by atoms with Crippen LogP contribution in [0.3, 0.4) is 0 Å². The van der Waals surface area contributed by atoms with Gasteiger partial charge in [0.15, 0.2) is 23.0 Å². The third kappa shape index (κ3) is 7.62. The molecule has 4 aromatic carbocycles. The van der Waals surface area contributed by atoms with Crippen molar-refractivity contribution in [3.05, 3.63) is 65.2 Å². The Labute approximate surface area is 293 Å². The third-order valence-corrected chi connectivity index (χ3v) is 9.08. The van der Waals surface area contributed by atoms with Gasteiger partial charge in [0.2, 0.25) is 5.91 Å². The topological polar surface area (TPSA) is 131 Å². The van der Waals surface area contributed by atoms with E-state index in [1.54, 1.807) is 35.5 Å². The minimum Gasteiger partial charge on any atom is -0.497 e. The van der Waals surface area contributed by atoms with Crippen LogP contribution in [0.2, 0.25) is 0 Å². The summed E-state index contributed by atoms with van der Waals surface area (Å²) in [6.07, 6.45) is 1.92. The number of benzene rings is 4. The Balaban J connectivity index is 1.57. The summed E-state index contributed by atoms with van der Waals surface area (Å²) in [6.45, 7) is 6.34. The van der Waals surface area contributed by atoms with Crippen molar-refractivity contribution in [2.45, 2.75) is 64.1 Å². The fourth-order valence-electron chi connectivity index (χ4n) is 6.68. The number of nitrogens with two attached hydrogens (primary N) is 1. The van der Waals surface area contributed by atoms with Crippen LogP contribution in [0.1, 0.15) is 62.8 Å². The van der Waals surface area contributed by atoms with Gasteiger partial charge in [-0.2, -0.15) is 0 Å². The highest BCUT2D eigenvalue weighted by atomic mass is 16.6. The van der Waals surface area contributed by atoms with E-state index in [-0.39, 0.29) is 5.91 Å². The minimum atomic E-state index is -0.744. The largest absolute Gasteiger partial charge is 0.497 e. The number of ether oxygens (including phenoxy) is 6. The zero-order valence-electron chi connectivity index (χ0n) is 30.3. The molecule has 5 rings (SSSR count). The van der Waals surface area contributed by atoms with E-state index in [1.807, 2.05) is 68.1 Å². The van der Waals surface area contributed by atoms with Gasteiger partial charge >= 0.3 is 6.09 Å². The number of carbonyl (C=O) groups excluding carboxylic acids is 2. The average Bonchev–Trinajstić information content (AvgIpc) is 3.11. The highest BCUT2D eigenvalue weighted by Crippen LogP contribution is 2.46. The van der Waals surface area contributed by atoms with Crippen LogP contribution in [0.5, 0.6) is 28.7 Å². The summed E-state index contributed by atoms with van der Waals surface area (Å²) in [4.78, 5) is 28.3. The van der Waals surface area contributed by atoms with E-state index < -0.39 is 23.8 Å². The van der Waals surface area contributed by atoms with Crippen LogP contribution in [0.4, 0.5) is 4.79 Å². The maximum Gasteiger partial charge on any atom is 0.407 e. The molecule has 0 aromatic heterocycles. The smallest absolute Gasteiger partial charge is 0.407 e.